The van der Waals surface area contributed by atoms with Gasteiger partial charge in [0.25, 0.3) is 0 Å². The Morgan fingerprint density at radius 1 is 1.28 bits per heavy atom. The van der Waals surface area contributed by atoms with E-state index in [4.69, 9.17) is 0 Å². The zero-order chi connectivity index (χ0) is 12.8. The fraction of sp³-hybridized carbons (Fsp3) is 0.429. The lowest BCUT2D eigenvalue weighted by Crippen LogP contribution is -2.39. The van der Waals surface area contributed by atoms with Crippen molar-refractivity contribution in [3.05, 3.63) is 30.3 Å². The van der Waals surface area contributed by atoms with Gasteiger partial charge in [0.2, 0.25) is 5.91 Å². The van der Waals surface area contributed by atoms with E-state index in [1.807, 2.05) is 30.3 Å². The second-order valence-corrected chi connectivity index (χ2v) is 4.66. The first-order chi connectivity index (χ1) is 8.78. The average Bonchev–Trinajstić information content (AvgIpc) is 2.40. The molecule has 0 atom stereocenters. The highest BCUT2D eigenvalue weighted by Gasteiger charge is 2.20. The maximum Gasteiger partial charge on any atom is 0.238 e. The third-order valence-electron chi connectivity index (χ3n) is 3.25. The molecule has 1 N–H and O–H groups in total. The molecule has 1 aliphatic heterocycles. The third-order valence-corrected chi connectivity index (χ3v) is 3.25. The van der Waals surface area contributed by atoms with E-state index in [0.717, 1.165) is 37.9 Å². The molecule has 18 heavy (non-hydrogen) atoms. The Labute approximate surface area is 107 Å². The zero-order valence-electron chi connectivity index (χ0n) is 10.3. The lowest BCUT2D eigenvalue weighted by molar-refractivity contribution is -0.117. The number of piperidine rings is 1. The standard InChI is InChI=1S/C14H18N2O2/c17-11-12-6-8-16(9-7-12)10-14(18)15-13-4-2-1-3-5-13/h1-5,11-12H,6-10H2,(H,15,18). The van der Waals surface area contributed by atoms with Crippen molar-refractivity contribution in [3.8, 4) is 0 Å². The summed E-state index contributed by atoms with van der Waals surface area (Å²) in [5, 5.41) is 2.86. The van der Waals surface area contributed by atoms with Crippen LogP contribution in [0.5, 0.6) is 0 Å². The molecule has 1 fully saturated rings. The van der Waals surface area contributed by atoms with E-state index in [9.17, 15) is 9.59 Å². The third kappa shape index (κ3) is 3.67. The Kier molecular flexibility index (Phi) is 4.47. The lowest BCUT2D eigenvalue weighted by atomic mass is 9.99. The molecular formula is C14H18N2O2. The summed E-state index contributed by atoms with van der Waals surface area (Å²) in [6.45, 7) is 2.05. The maximum absolute atomic E-state index is 11.8. The molecule has 0 saturated carbocycles. The molecule has 1 amide bonds. The van der Waals surface area contributed by atoms with E-state index < -0.39 is 0 Å². The number of nitrogens with one attached hydrogen (secondary N) is 1. The van der Waals surface area contributed by atoms with Crippen LogP contribution in [0.3, 0.4) is 0 Å². The van der Waals surface area contributed by atoms with Crippen molar-refractivity contribution in [3.63, 3.8) is 0 Å². The summed E-state index contributed by atoms with van der Waals surface area (Å²) in [7, 11) is 0. The van der Waals surface area contributed by atoms with Crippen molar-refractivity contribution in [2.45, 2.75) is 12.8 Å². The number of carbonyl (C=O) groups is 2. The molecule has 0 spiro atoms. The van der Waals surface area contributed by atoms with E-state index >= 15 is 0 Å². The first-order valence-corrected chi connectivity index (χ1v) is 6.30. The maximum atomic E-state index is 11.8. The van der Waals surface area contributed by atoms with Crippen molar-refractivity contribution < 1.29 is 9.59 Å². The minimum absolute atomic E-state index is 0.00533. The van der Waals surface area contributed by atoms with Gasteiger partial charge in [-0.25, -0.2) is 0 Å². The summed E-state index contributed by atoms with van der Waals surface area (Å²) < 4.78 is 0. The Balaban J connectivity index is 1.77. The van der Waals surface area contributed by atoms with Gasteiger partial charge in [-0.1, -0.05) is 18.2 Å². The molecule has 4 heteroatoms. The zero-order valence-corrected chi connectivity index (χ0v) is 10.3. The van der Waals surface area contributed by atoms with E-state index in [0.29, 0.717) is 6.54 Å². The van der Waals surface area contributed by atoms with Crippen molar-refractivity contribution in [2.75, 3.05) is 25.0 Å². The van der Waals surface area contributed by atoms with Crippen LogP contribution < -0.4 is 5.32 Å². The van der Waals surface area contributed by atoms with Gasteiger partial charge in [-0.15, -0.1) is 0 Å². The van der Waals surface area contributed by atoms with Gasteiger partial charge in [0, 0.05) is 11.6 Å². The second kappa shape index (κ2) is 6.31. The quantitative estimate of drug-likeness (QED) is 0.820. The molecule has 1 heterocycles. The number of rotatable bonds is 4. The van der Waals surface area contributed by atoms with Crippen LogP contribution in [0.15, 0.2) is 30.3 Å². The Bertz CT molecular complexity index is 398. The lowest BCUT2D eigenvalue weighted by Gasteiger charge is -2.28. The number of hydrogen-bond donors (Lipinski definition) is 1. The molecule has 0 radical (unpaired) electrons. The van der Waals surface area contributed by atoms with Crippen molar-refractivity contribution >= 4 is 17.9 Å². The molecule has 0 aromatic heterocycles. The van der Waals surface area contributed by atoms with Gasteiger partial charge in [-0.2, -0.15) is 0 Å². The number of carbonyl (C=O) groups excluding carboxylic acids is 2. The average molecular weight is 246 g/mol. The van der Waals surface area contributed by atoms with Crippen LogP contribution in [-0.4, -0.2) is 36.7 Å². The summed E-state index contributed by atoms with van der Waals surface area (Å²) in [5.74, 6) is 0.184. The monoisotopic (exact) mass is 246 g/mol. The highest BCUT2D eigenvalue weighted by Crippen LogP contribution is 2.14. The molecule has 2 rings (SSSR count). The SMILES string of the molecule is O=CC1CCN(CC(=O)Nc2ccccc2)CC1. The van der Waals surface area contributed by atoms with Crippen LogP contribution in [0.2, 0.25) is 0 Å². The Morgan fingerprint density at radius 3 is 2.56 bits per heavy atom. The van der Waals surface area contributed by atoms with Crippen LogP contribution in [-0.2, 0) is 9.59 Å². The van der Waals surface area contributed by atoms with E-state index in [-0.39, 0.29) is 11.8 Å². The number of likely N-dealkylation sites (tertiary alicyclic amines) is 1. The van der Waals surface area contributed by atoms with Gasteiger partial charge in [0.15, 0.2) is 0 Å². The van der Waals surface area contributed by atoms with Crippen LogP contribution >= 0.6 is 0 Å². The molecule has 1 aliphatic rings. The fourth-order valence-electron chi connectivity index (χ4n) is 2.17. The Morgan fingerprint density at radius 2 is 1.94 bits per heavy atom. The van der Waals surface area contributed by atoms with Crippen molar-refractivity contribution in [1.82, 2.24) is 4.90 Å². The van der Waals surface area contributed by atoms with Gasteiger partial charge in [0.05, 0.1) is 6.54 Å². The van der Waals surface area contributed by atoms with E-state index in [1.54, 1.807) is 0 Å². The summed E-state index contributed by atoms with van der Waals surface area (Å²) in [6, 6.07) is 9.45. The fourth-order valence-corrected chi connectivity index (χ4v) is 2.17. The normalized spacial score (nSPS) is 17.3. The van der Waals surface area contributed by atoms with E-state index in [1.165, 1.54) is 0 Å². The summed E-state index contributed by atoms with van der Waals surface area (Å²) in [5.41, 5.74) is 0.824. The largest absolute Gasteiger partial charge is 0.325 e. The van der Waals surface area contributed by atoms with Crippen LogP contribution in [0.1, 0.15) is 12.8 Å². The molecule has 1 saturated heterocycles. The number of anilines is 1. The van der Waals surface area contributed by atoms with Gasteiger partial charge in [-0.05, 0) is 38.1 Å². The number of hydrogen-bond acceptors (Lipinski definition) is 3. The molecular weight excluding hydrogens is 228 g/mol. The molecule has 0 unspecified atom stereocenters. The predicted octanol–water partition coefficient (Wildman–Crippen LogP) is 1.54. The van der Waals surface area contributed by atoms with Gasteiger partial charge in [-0.3, -0.25) is 9.69 Å². The molecule has 0 bridgehead atoms. The van der Waals surface area contributed by atoms with Crippen LogP contribution in [0.4, 0.5) is 5.69 Å². The highest BCUT2D eigenvalue weighted by atomic mass is 16.2. The number of para-hydroxylation sites is 1. The topological polar surface area (TPSA) is 49.4 Å². The molecule has 1 aromatic rings. The summed E-state index contributed by atoms with van der Waals surface area (Å²) in [4.78, 5) is 24.5. The molecule has 0 aliphatic carbocycles. The minimum atomic E-state index is 0.00533. The molecule has 1 aromatic carbocycles. The Hall–Kier alpha value is -1.68. The molecule has 96 valence electrons. The van der Waals surface area contributed by atoms with Gasteiger partial charge < -0.3 is 10.1 Å². The predicted molar refractivity (Wildman–Crippen MR) is 70.3 cm³/mol. The summed E-state index contributed by atoms with van der Waals surface area (Å²) >= 11 is 0. The van der Waals surface area contributed by atoms with E-state index in [2.05, 4.69) is 10.2 Å². The number of aldehydes is 1. The van der Waals surface area contributed by atoms with Gasteiger partial charge in [0.1, 0.15) is 6.29 Å². The number of amides is 1. The smallest absolute Gasteiger partial charge is 0.238 e. The van der Waals surface area contributed by atoms with Crippen LogP contribution in [0, 0.1) is 5.92 Å². The minimum Gasteiger partial charge on any atom is -0.325 e. The first-order valence-electron chi connectivity index (χ1n) is 6.30. The highest BCUT2D eigenvalue weighted by molar-refractivity contribution is 5.92. The van der Waals surface area contributed by atoms with Gasteiger partial charge >= 0.3 is 0 Å². The number of nitrogens with zero attached hydrogens (tertiary/aromatic N) is 1. The molecule has 4 nitrogen and oxygen atoms in total. The summed E-state index contributed by atoms with van der Waals surface area (Å²) in [6.07, 6.45) is 2.76. The van der Waals surface area contributed by atoms with Crippen molar-refractivity contribution in [2.24, 2.45) is 5.92 Å². The number of benzene rings is 1. The van der Waals surface area contributed by atoms with Crippen molar-refractivity contribution in [1.29, 1.82) is 0 Å². The first kappa shape index (κ1) is 12.8. The second-order valence-electron chi connectivity index (χ2n) is 4.66. The van der Waals surface area contributed by atoms with Crippen LogP contribution in [0.25, 0.3) is 0 Å².